The summed E-state index contributed by atoms with van der Waals surface area (Å²) in [6, 6.07) is 4.33. The Morgan fingerprint density at radius 3 is 2.90 bits per heavy atom. The molecule has 0 saturated heterocycles. The SMILES string of the molecule is CCCNCc1cc(C)nc(N(C)CCOCC2CC2)c1. The predicted molar refractivity (Wildman–Crippen MR) is 87.8 cm³/mol. The number of pyridine rings is 1. The Hall–Kier alpha value is -1.13. The largest absolute Gasteiger partial charge is 0.379 e. The molecular formula is C17H29N3O. The summed E-state index contributed by atoms with van der Waals surface area (Å²) in [5, 5.41) is 3.45. The molecule has 1 aromatic heterocycles. The van der Waals surface area contributed by atoms with E-state index in [0.29, 0.717) is 0 Å². The van der Waals surface area contributed by atoms with Gasteiger partial charge in [0.05, 0.1) is 6.61 Å². The second-order valence-corrected chi connectivity index (χ2v) is 6.09. The second-order valence-electron chi connectivity index (χ2n) is 6.09. The lowest BCUT2D eigenvalue weighted by molar-refractivity contribution is 0.131. The van der Waals surface area contributed by atoms with Crippen LogP contribution in [0.2, 0.25) is 0 Å². The van der Waals surface area contributed by atoms with Gasteiger partial charge in [-0.2, -0.15) is 0 Å². The molecule has 1 aromatic rings. The molecular weight excluding hydrogens is 262 g/mol. The van der Waals surface area contributed by atoms with Crippen molar-refractivity contribution in [3.63, 3.8) is 0 Å². The summed E-state index contributed by atoms with van der Waals surface area (Å²) in [6.45, 7) is 8.83. The highest BCUT2D eigenvalue weighted by molar-refractivity contribution is 5.41. The molecule has 1 aliphatic carbocycles. The monoisotopic (exact) mass is 291 g/mol. The van der Waals surface area contributed by atoms with E-state index in [1.54, 1.807) is 0 Å². The molecule has 0 aromatic carbocycles. The van der Waals surface area contributed by atoms with Gasteiger partial charge in [0.25, 0.3) is 0 Å². The van der Waals surface area contributed by atoms with Crippen LogP contribution >= 0.6 is 0 Å². The molecule has 0 unspecified atom stereocenters. The van der Waals surface area contributed by atoms with E-state index >= 15 is 0 Å². The molecule has 0 atom stereocenters. The van der Waals surface area contributed by atoms with Crippen molar-refractivity contribution in [3.8, 4) is 0 Å². The van der Waals surface area contributed by atoms with E-state index < -0.39 is 0 Å². The van der Waals surface area contributed by atoms with Crippen LogP contribution < -0.4 is 10.2 Å². The highest BCUT2D eigenvalue weighted by atomic mass is 16.5. The van der Waals surface area contributed by atoms with E-state index in [4.69, 9.17) is 4.74 Å². The normalized spacial score (nSPS) is 14.4. The minimum atomic E-state index is 0.784. The molecule has 118 valence electrons. The zero-order valence-corrected chi connectivity index (χ0v) is 13.7. The van der Waals surface area contributed by atoms with Crippen molar-refractivity contribution in [2.24, 2.45) is 5.92 Å². The third kappa shape index (κ3) is 6.02. The van der Waals surface area contributed by atoms with Crippen molar-refractivity contribution < 1.29 is 4.74 Å². The topological polar surface area (TPSA) is 37.4 Å². The van der Waals surface area contributed by atoms with Crippen LogP contribution in [0, 0.1) is 12.8 Å². The summed E-state index contributed by atoms with van der Waals surface area (Å²) < 4.78 is 5.71. The second kappa shape index (κ2) is 8.35. The highest BCUT2D eigenvalue weighted by Gasteiger charge is 2.21. The van der Waals surface area contributed by atoms with Gasteiger partial charge in [0.1, 0.15) is 5.82 Å². The fourth-order valence-electron chi connectivity index (χ4n) is 2.28. The van der Waals surface area contributed by atoms with Crippen molar-refractivity contribution in [1.82, 2.24) is 10.3 Å². The molecule has 0 bridgehead atoms. The van der Waals surface area contributed by atoms with Crippen LogP contribution in [-0.2, 0) is 11.3 Å². The smallest absolute Gasteiger partial charge is 0.128 e. The summed E-state index contributed by atoms with van der Waals surface area (Å²) in [4.78, 5) is 6.81. The number of likely N-dealkylation sites (N-methyl/N-ethyl adjacent to an activating group) is 1. The average Bonchev–Trinajstić information content (AvgIpc) is 3.27. The van der Waals surface area contributed by atoms with E-state index in [9.17, 15) is 0 Å². The van der Waals surface area contributed by atoms with Crippen LogP contribution in [0.4, 0.5) is 5.82 Å². The zero-order chi connectivity index (χ0) is 15.1. The summed E-state index contributed by atoms with van der Waals surface area (Å²) in [5.74, 6) is 1.88. The Kier molecular flexibility index (Phi) is 6.46. The number of hydrogen-bond donors (Lipinski definition) is 1. The number of aromatic nitrogens is 1. The van der Waals surface area contributed by atoms with Gasteiger partial charge in [-0.05, 0) is 56.3 Å². The summed E-state index contributed by atoms with van der Waals surface area (Å²) in [7, 11) is 2.09. The maximum absolute atomic E-state index is 5.71. The molecule has 1 fully saturated rings. The lowest BCUT2D eigenvalue weighted by Gasteiger charge is -2.19. The first-order valence-electron chi connectivity index (χ1n) is 8.16. The number of nitrogens with zero attached hydrogens (tertiary/aromatic N) is 2. The molecule has 0 aliphatic heterocycles. The molecule has 21 heavy (non-hydrogen) atoms. The zero-order valence-electron chi connectivity index (χ0n) is 13.7. The van der Waals surface area contributed by atoms with Crippen molar-refractivity contribution >= 4 is 5.82 Å². The van der Waals surface area contributed by atoms with Crippen LogP contribution in [0.3, 0.4) is 0 Å². The number of rotatable bonds is 10. The Balaban J connectivity index is 1.81. The summed E-state index contributed by atoms with van der Waals surface area (Å²) in [6.07, 6.45) is 3.86. The van der Waals surface area contributed by atoms with Crippen molar-refractivity contribution in [3.05, 3.63) is 23.4 Å². The number of anilines is 1. The number of nitrogens with one attached hydrogen (secondary N) is 1. The lowest BCUT2D eigenvalue weighted by Crippen LogP contribution is -2.24. The Morgan fingerprint density at radius 1 is 1.38 bits per heavy atom. The van der Waals surface area contributed by atoms with Gasteiger partial charge in [-0.15, -0.1) is 0 Å². The maximum Gasteiger partial charge on any atom is 0.128 e. The lowest BCUT2D eigenvalue weighted by atomic mass is 10.2. The van der Waals surface area contributed by atoms with Crippen molar-refractivity contribution in [1.29, 1.82) is 0 Å². The molecule has 1 aliphatic rings. The first kappa shape index (κ1) is 16.2. The molecule has 1 heterocycles. The van der Waals surface area contributed by atoms with Crippen molar-refractivity contribution in [2.45, 2.75) is 39.7 Å². The summed E-state index contributed by atoms with van der Waals surface area (Å²) in [5.41, 5.74) is 2.38. The highest BCUT2D eigenvalue weighted by Crippen LogP contribution is 2.28. The number of hydrogen-bond acceptors (Lipinski definition) is 4. The van der Waals surface area contributed by atoms with Gasteiger partial charge in [-0.1, -0.05) is 6.92 Å². The van der Waals surface area contributed by atoms with Crippen LogP contribution in [0.25, 0.3) is 0 Å². The Labute approximate surface area is 128 Å². The van der Waals surface area contributed by atoms with Gasteiger partial charge in [0.15, 0.2) is 0 Å². The minimum absolute atomic E-state index is 0.784. The quantitative estimate of drug-likeness (QED) is 0.673. The molecule has 4 nitrogen and oxygen atoms in total. The number of aryl methyl sites for hydroxylation is 1. The molecule has 0 radical (unpaired) electrons. The van der Waals surface area contributed by atoms with Crippen LogP contribution in [-0.4, -0.2) is 38.3 Å². The molecule has 0 amide bonds. The van der Waals surface area contributed by atoms with Crippen molar-refractivity contribution in [2.75, 3.05) is 38.3 Å². The minimum Gasteiger partial charge on any atom is -0.379 e. The van der Waals surface area contributed by atoms with Crippen LogP contribution in [0.5, 0.6) is 0 Å². The van der Waals surface area contributed by atoms with E-state index in [-0.39, 0.29) is 0 Å². The Morgan fingerprint density at radius 2 is 2.19 bits per heavy atom. The Bertz CT molecular complexity index is 432. The fourth-order valence-corrected chi connectivity index (χ4v) is 2.28. The van der Waals surface area contributed by atoms with Crippen LogP contribution in [0.1, 0.15) is 37.4 Å². The predicted octanol–water partition coefficient (Wildman–Crippen LogP) is 2.75. The first-order valence-corrected chi connectivity index (χ1v) is 8.16. The van der Waals surface area contributed by atoms with Gasteiger partial charge in [-0.25, -0.2) is 4.98 Å². The number of ether oxygens (including phenoxy) is 1. The average molecular weight is 291 g/mol. The van der Waals surface area contributed by atoms with E-state index in [1.165, 1.54) is 18.4 Å². The van der Waals surface area contributed by atoms with E-state index in [2.05, 4.69) is 48.2 Å². The fraction of sp³-hybridized carbons (Fsp3) is 0.706. The van der Waals surface area contributed by atoms with Gasteiger partial charge < -0.3 is 15.0 Å². The van der Waals surface area contributed by atoms with Crippen LogP contribution in [0.15, 0.2) is 12.1 Å². The molecule has 1 saturated carbocycles. The molecule has 4 heteroatoms. The summed E-state index contributed by atoms with van der Waals surface area (Å²) >= 11 is 0. The maximum atomic E-state index is 5.71. The van der Waals surface area contributed by atoms with Gasteiger partial charge in [0, 0.05) is 32.4 Å². The molecule has 0 spiro atoms. The first-order chi connectivity index (χ1) is 10.2. The van der Waals surface area contributed by atoms with Gasteiger partial charge in [0.2, 0.25) is 0 Å². The van der Waals surface area contributed by atoms with Gasteiger partial charge in [-0.3, -0.25) is 0 Å². The standard InChI is InChI=1S/C17H29N3O/c1-4-7-18-12-16-10-14(2)19-17(11-16)20(3)8-9-21-13-15-5-6-15/h10-11,15,18H,4-9,12-13H2,1-3H3. The molecule has 2 rings (SSSR count). The van der Waals surface area contributed by atoms with E-state index in [1.807, 2.05) is 0 Å². The third-order valence-corrected chi connectivity index (χ3v) is 3.77. The van der Waals surface area contributed by atoms with E-state index in [0.717, 1.165) is 56.7 Å². The third-order valence-electron chi connectivity index (χ3n) is 3.77. The van der Waals surface area contributed by atoms with Gasteiger partial charge >= 0.3 is 0 Å². The molecule has 1 N–H and O–H groups in total.